The molecule has 23 heavy (non-hydrogen) atoms. The Labute approximate surface area is 138 Å². The van der Waals surface area contributed by atoms with Crippen molar-refractivity contribution in [2.75, 3.05) is 13.1 Å². The molecule has 0 radical (unpaired) electrons. The van der Waals surface area contributed by atoms with Crippen molar-refractivity contribution in [1.29, 1.82) is 0 Å². The molecule has 1 saturated heterocycles. The van der Waals surface area contributed by atoms with Gasteiger partial charge in [-0.3, -0.25) is 0 Å². The molecule has 0 N–H and O–H groups in total. The number of ether oxygens (including phenoxy) is 1. The van der Waals surface area contributed by atoms with Gasteiger partial charge in [0, 0.05) is 24.9 Å². The lowest BCUT2D eigenvalue weighted by Crippen LogP contribution is -2.35. The summed E-state index contributed by atoms with van der Waals surface area (Å²) in [5.74, 6) is 0.302. The van der Waals surface area contributed by atoms with Crippen molar-refractivity contribution in [3.05, 3.63) is 35.4 Å². The molecule has 1 aliphatic heterocycles. The highest BCUT2D eigenvalue weighted by atomic mass is 16.6. The third-order valence-corrected chi connectivity index (χ3v) is 4.20. The lowest BCUT2D eigenvalue weighted by atomic mass is 9.88. The van der Waals surface area contributed by atoms with Gasteiger partial charge in [0.2, 0.25) is 0 Å². The lowest BCUT2D eigenvalue weighted by molar-refractivity contribution is -0.111. The minimum Gasteiger partial charge on any atom is -0.444 e. The summed E-state index contributed by atoms with van der Waals surface area (Å²) in [4.78, 5) is 25.4. The Hall–Kier alpha value is -1.84. The van der Waals surface area contributed by atoms with Crippen LogP contribution in [0.2, 0.25) is 0 Å². The first-order valence-corrected chi connectivity index (χ1v) is 8.24. The number of rotatable bonds is 3. The van der Waals surface area contributed by atoms with E-state index in [1.54, 1.807) is 4.90 Å². The van der Waals surface area contributed by atoms with Gasteiger partial charge in [-0.1, -0.05) is 38.1 Å². The molecule has 0 saturated carbocycles. The topological polar surface area (TPSA) is 46.6 Å². The molecule has 0 spiro atoms. The summed E-state index contributed by atoms with van der Waals surface area (Å²) < 4.78 is 5.43. The van der Waals surface area contributed by atoms with E-state index in [-0.39, 0.29) is 17.9 Å². The van der Waals surface area contributed by atoms with E-state index < -0.39 is 5.60 Å². The maximum absolute atomic E-state index is 12.3. The van der Waals surface area contributed by atoms with E-state index in [0.717, 1.165) is 11.8 Å². The molecule has 0 unspecified atom stereocenters. The van der Waals surface area contributed by atoms with Gasteiger partial charge < -0.3 is 14.4 Å². The van der Waals surface area contributed by atoms with Gasteiger partial charge in [0.05, 0.1) is 0 Å². The number of hydrogen-bond donors (Lipinski definition) is 0. The molecule has 1 amide bonds. The summed E-state index contributed by atoms with van der Waals surface area (Å²) in [6.07, 6.45) is 0.628. The van der Waals surface area contributed by atoms with Crippen LogP contribution >= 0.6 is 0 Å². The Morgan fingerprint density at radius 3 is 2.57 bits per heavy atom. The number of carbonyl (C=O) groups is 2. The minimum atomic E-state index is -0.524. The van der Waals surface area contributed by atoms with Crippen LogP contribution < -0.4 is 0 Å². The van der Waals surface area contributed by atoms with Gasteiger partial charge in [0.1, 0.15) is 11.9 Å². The second-order valence-corrected chi connectivity index (χ2v) is 7.62. The van der Waals surface area contributed by atoms with Crippen LogP contribution in [0.3, 0.4) is 0 Å². The Balaban J connectivity index is 2.18. The van der Waals surface area contributed by atoms with E-state index >= 15 is 0 Å². The quantitative estimate of drug-likeness (QED) is 0.793. The molecule has 0 bridgehead atoms. The third-order valence-electron chi connectivity index (χ3n) is 4.20. The summed E-state index contributed by atoms with van der Waals surface area (Å²) >= 11 is 0. The smallest absolute Gasteiger partial charge is 0.410 e. The fourth-order valence-electron chi connectivity index (χ4n) is 2.94. The summed E-state index contributed by atoms with van der Waals surface area (Å²) in [5.41, 5.74) is 1.85. The Kier molecular flexibility index (Phi) is 5.12. The zero-order valence-electron chi connectivity index (χ0n) is 14.7. The second-order valence-electron chi connectivity index (χ2n) is 7.62. The molecule has 126 valence electrons. The molecule has 1 aromatic carbocycles. The van der Waals surface area contributed by atoms with Crippen molar-refractivity contribution in [2.24, 2.45) is 5.92 Å². The maximum atomic E-state index is 12.3. The maximum Gasteiger partial charge on any atom is 0.410 e. The monoisotopic (exact) mass is 317 g/mol. The fourth-order valence-corrected chi connectivity index (χ4v) is 2.94. The first-order chi connectivity index (χ1) is 10.7. The zero-order valence-corrected chi connectivity index (χ0v) is 14.7. The fraction of sp³-hybridized carbons (Fsp3) is 0.579. The number of amides is 1. The highest BCUT2D eigenvalue weighted by Gasteiger charge is 2.37. The molecular weight excluding hydrogens is 290 g/mol. The van der Waals surface area contributed by atoms with E-state index in [9.17, 15) is 9.59 Å². The largest absolute Gasteiger partial charge is 0.444 e. The number of benzene rings is 1. The Morgan fingerprint density at radius 2 is 2.00 bits per heavy atom. The number of nitrogens with zero attached hydrogens (tertiary/aromatic N) is 1. The standard InChI is InChI=1S/C19H27NO3/c1-13(2)14-7-6-8-15(9-14)17-11-20(10-16(17)12-21)18(22)23-19(3,4)5/h6-9,12-13,16-17H,10-11H2,1-5H3/t16-,17+/m1/s1. The van der Waals surface area contributed by atoms with Gasteiger partial charge in [-0.15, -0.1) is 0 Å². The highest BCUT2D eigenvalue weighted by Crippen LogP contribution is 2.33. The van der Waals surface area contributed by atoms with Crippen molar-refractivity contribution in [3.63, 3.8) is 0 Å². The van der Waals surface area contributed by atoms with Crippen molar-refractivity contribution >= 4 is 12.4 Å². The lowest BCUT2D eigenvalue weighted by Gasteiger charge is -2.24. The summed E-state index contributed by atoms with van der Waals surface area (Å²) in [5, 5.41) is 0. The molecule has 1 fully saturated rings. The van der Waals surface area contributed by atoms with Crippen LogP contribution in [0.1, 0.15) is 57.6 Å². The molecule has 0 aliphatic carbocycles. The number of hydrogen-bond acceptors (Lipinski definition) is 3. The van der Waals surface area contributed by atoms with Gasteiger partial charge in [0.25, 0.3) is 0 Å². The van der Waals surface area contributed by atoms with Crippen molar-refractivity contribution in [2.45, 2.75) is 52.1 Å². The number of likely N-dealkylation sites (tertiary alicyclic amines) is 1. The van der Waals surface area contributed by atoms with Gasteiger partial charge in [-0.25, -0.2) is 4.79 Å². The molecule has 2 rings (SSSR count). The van der Waals surface area contributed by atoms with Crippen LogP contribution in [-0.2, 0) is 9.53 Å². The summed E-state index contributed by atoms with van der Waals surface area (Å²) in [6.45, 7) is 10.8. The van der Waals surface area contributed by atoms with E-state index in [2.05, 4.69) is 26.0 Å². The predicted molar refractivity (Wildman–Crippen MR) is 90.6 cm³/mol. The molecule has 4 nitrogen and oxygen atoms in total. The highest BCUT2D eigenvalue weighted by molar-refractivity contribution is 5.70. The number of carbonyl (C=O) groups excluding carboxylic acids is 2. The number of aldehydes is 1. The Bertz CT molecular complexity index is 574. The van der Waals surface area contributed by atoms with Crippen LogP contribution in [0.5, 0.6) is 0 Å². The average molecular weight is 317 g/mol. The predicted octanol–water partition coefficient (Wildman–Crippen LogP) is 3.96. The first-order valence-electron chi connectivity index (χ1n) is 8.24. The molecule has 1 aliphatic rings. The van der Waals surface area contributed by atoms with E-state index in [1.165, 1.54) is 5.56 Å². The summed E-state index contributed by atoms with van der Waals surface area (Å²) in [6, 6.07) is 8.34. The van der Waals surface area contributed by atoms with Gasteiger partial charge in [-0.05, 0) is 37.8 Å². The van der Waals surface area contributed by atoms with E-state index in [4.69, 9.17) is 4.74 Å². The zero-order chi connectivity index (χ0) is 17.2. The molecule has 1 aromatic rings. The third kappa shape index (κ3) is 4.34. The van der Waals surface area contributed by atoms with Gasteiger partial charge in [0.15, 0.2) is 0 Å². The van der Waals surface area contributed by atoms with Crippen molar-refractivity contribution in [1.82, 2.24) is 4.90 Å². The summed E-state index contributed by atoms with van der Waals surface area (Å²) in [7, 11) is 0. The van der Waals surface area contributed by atoms with Crippen LogP contribution in [0.25, 0.3) is 0 Å². The first kappa shape index (κ1) is 17.5. The second kappa shape index (κ2) is 6.73. The van der Waals surface area contributed by atoms with Crippen LogP contribution in [0.4, 0.5) is 4.79 Å². The SMILES string of the molecule is CC(C)c1cccc([C@@H]2CN(C(=O)OC(C)(C)C)C[C@@H]2C=O)c1. The van der Waals surface area contributed by atoms with Crippen LogP contribution in [0.15, 0.2) is 24.3 Å². The average Bonchev–Trinajstić information content (AvgIpc) is 2.90. The van der Waals surface area contributed by atoms with Crippen LogP contribution in [-0.4, -0.2) is 36.0 Å². The molecule has 4 heteroatoms. The molecule has 1 heterocycles. The molecule has 0 aromatic heterocycles. The minimum absolute atomic E-state index is 0.0405. The van der Waals surface area contributed by atoms with Crippen molar-refractivity contribution in [3.8, 4) is 0 Å². The Morgan fingerprint density at radius 1 is 1.30 bits per heavy atom. The van der Waals surface area contributed by atoms with Gasteiger partial charge in [-0.2, -0.15) is 0 Å². The van der Waals surface area contributed by atoms with Gasteiger partial charge >= 0.3 is 6.09 Å². The normalized spacial score (nSPS) is 21.6. The molecule has 2 atom stereocenters. The van der Waals surface area contributed by atoms with E-state index in [0.29, 0.717) is 19.0 Å². The van der Waals surface area contributed by atoms with E-state index in [1.807, 2.05) is 32.9 Å². The van der Waals surface area contributed by atoms with Crippen LogP contribution in [0, 0.1) is 5.92 Å². The van der Waals surface area contributed by atoms with Crippen molar-refractivity contribution < 1.29 is 14.3 Å². The molecular formula is C19H27NO3.